The number of benzene rings is 1. The summed E-state index contributed by atoms with van der Waals surface area (Å²) >= 11 is 0. The summed E-state index contributed by atoms with van der Waals surface area (Å²) in [6.07, 6.45) is 4.38. The van der Waals surface area contributed by atoms with Crippen LogP contribution in [0.15, 0.2) is 36.8 Å². The van der Waals surface area contributed by atoms with Crippen molar-refractivity contribution in [3.8, 4) is 17.0 Å². The van der Waals surface area contributed by atoms with Crippen LogP contribution in [-0.2, 0) is 21.3 Å². The average Bonchev–Trinajstić information content (AvgIpc) is 3.43. The second-order valence-corrected chi connectivity index (χ2v) is 12.2. The van der Waals surface area contributed by atoms with Crippen LogP contribution in [0, 0.1) is 6.92 Å². The van der Waals surface area contributed by atoms with Gasteiger partial charge in [-0.25, -0.2) is 32.6 Å². The van der Waals surface area contributed by atoms with Crippen LogP contribution in [0.1, 0.15) is 25.2 Å². The summed E-state index contributed by atoms with van der Waals surface area (Å²) in [7, 11) is -3.58. The van der Waals surface area contributed by atoms with Crippen LogP contribution in [0.3, 0.4) is 0 Å². The quantitative estimate of drug-likeness (QED) is 0.269. The lowest BCUT2D eigenvalue weighted by Gasteiger charge is -2.36. The van der Waals surface area contributed by atoms with Gasteiger partial charge in [0.2, 0.25) is 10.0 Å². The van der Waals surface area contributed by atoms with Gasteiger partial charge in [-0.15, -0.1) is 0 Å². The minimum absolute atomic E-state index is 0.0501. The Kier molecular flexibility index (Phi) is 6.42. The molecule has 2 atom stereocenters. The van der Waals surface area contributed by atoms with Crippen molar-refractivity contribution in [1.82, 2.24) is 34.3 Å². The van der Waals surface area contributed by atoms with Crippen molar-refractivity contribution in [1.29, 1.82) is 0 Å². The van der Waals surface area contributed by atoms with E-state index in [1.165, 1.54) is 18.5 Å². The normalized spacial score (nSPS) is 17.9. The molecular weight excluding hydrogens is 548 g/mol. The molecule has 5 aromatic rings. The van der Waals surface area contributed by atoms with Gasteiger partial charge in [-0.3, -0.25) is 4.72 Å². The first-order chi connectivity index (χ1) is 19.4. The van der Waals surface area contributed by atoms with Gasteiger partial charge in [-0.1, -0.05) is 0 Å². The molecule has 0 spiro atoms. The Bertz CT molecular complexity index is 1890. The number of sulfonamides is 1. The SMILES string of the molecule is Cc1ccn2nc(Cn3nc(-c4cc(O)cc(NS(C)(=O)=O)c4)c4c(N)ncnc43)nc(N3C[C@@H](C)O[C@@H](C)C3)c12. The first-order valence-electron chi connectivity index (χ1n) is 13.0. The number of aromatic hydroxyl groups is 1. The van der Waals surface area contributed by atoms with E-state index < -0.39 is 10.0 Å². The van der Waals surface area contributed by atoms with Gasteiger partial charge in [-0.2, -0.15) is 10.2 Å². The van der Waals surface area contributed by atoms with Crippen LogP contribution >= 0.6 is 0 Å². The van der Waals surface area contributed by atoms with Gasteiger partial charge >= 0.3 is 0 Å². The molecule has 15 heteroatoms. The number of phenolic OH excluding ortho intramolecular Hbond substituents is 1. The fourth-order valence-electron chi connectivity index (χ4n) is 5.34. The number of fused-ring (bicyclic) bond motifs is 2. The van der Waals surface area contributed by atoms with Crippen molar-refractivity contribution in [2.75, 3.05) is 34.7 Å². The summed E-state index contributed by atoms with van der Waals surface area (Å²) in [5.41, 5.74) is 9.68. The van der Waals surface area contributed by atoms with Gasteiger partial charge in [-0.05, 0) is 44.5 Å². The highest BCUT2D eigenvalue weighted by molar-refractivity contribution is 7.92. The van der Waals surface area contributed by atoms with Crippen LogP contribution in [0.5, 0.6) is 5.75 Å². The molecule has 5 heterocycles. The molecule has 0 aliphatic carbocycles. The zero-order chi connectivity index (χ0) is 29.1. The minimum atomic E-state index is -3.58. The molecule has 41 heavy (non-hydrogen) atoms. The molecule has 1 aliphatic heterocycles. The molecule has 1 aliphatic rings. The molecule has 6 rings (SSSR count). The van der Waals surface area contributed by atoms with Crippen molar-refractivity contribution >= 4 is 43.9 Å². The Morgan fingerprint density at radius 2 is 1.90 bits per heavy atom. The van der Waals surface area contributed by atoms with Crippen molar-refractivity contribution in [3.05, 3.63) is 48.2 Å². The Morgan fingerprint density at radius 3 is 2.63 bits per heavy atom. The minimum Gasteiger partial charge on any atom is -0.508 e. The number of nitrogen functional groups attached to an aromatic ring is 1. The van der Waals surface area contributed by atoms with Gasteiger partial charge in [0, 0.05) is 30.9 Å². The number of aryl methyl sites for hydroxylation is 1. The molecule has 1 saturated heterocycles. The number of nitrogens with one attached hydrogen (secondary N) is 1. The van der Waals surface area contributed by atoms with Crippen LogP contribution in [0.25, 0.3) is 27.8 Å². The molecule has 0 amide bonds. The van der Waals surface area contributed by atoms with Crippen molar-refractivity contribution < 1.29 is 18.3 Å². The number of morpholine rings is 1. The van der Waals surface area contributed by atoms with E-state index in [9.17, 15) is 13.5 Å². The van der Waals surface area contributed by atoms with Crippen molar-refractivity contribution in [3.63, 3.8) is 0 Å². The summed E-state index contributed by atoms with van der Waals surface area (Å²) < 4.78 is 35.4. The van der Waals surface area contributed by atoms with Gasteiger partial charge < -0.3 is 20.5 Å². The molecule has 0 bridgehead atoms. The zero-order valence-electron chi connectivity index (χ0n) is 23.0. The Morgan fingerprint density at radius 1 is 1.15 bits per heavy atom. The Hall–Kier alpha value is -4.50. The van der Waals surface area contributed by atoms with Gasteiger partial charge in [0.25, 0.3) is 0 Å². The molecule has 214 valence electrons. The van der Waals surface area contributed by atoms with E-state index in [-0.39, 0.29) is 36.0 Å². The molecule has 0 saturated carbocycles. The van der Waals surface area contributed by atoms with Gasteiger partial charge in [0.05, 0.1) is 29.5 Å². The molecular formula is C26H30N10O4S. The van der Waals surface area contributed by atoms with E-state index in [4.69, 9.17) is 25.7 Å². The number of rotatable bonds is 6. The third kappa shape index (κ3) is 5.20. The van der Waals surface area contributed by atoms with E-state index in [0.29, 0.717) is 41.2 Å². The second kappa shape index (κ2) is 9.85. The first-order valence-corrected chi connectivity index (χ1v) is 14.9. The van der Waals surface area contributed by atoms with E-state index in [2.05, 4.69) is 19.6 Å². The number of ether oxygens (including phenoxy) is 1. The predicted octanol–water partition coefficient (Wildman–Crippen LogP) is 2.17. The van der Waals surface area contributed by atoms with E-state index in [1.807, 2.05) is 37.5 Å². The molecule has 14 nitrogen and oxygen atoms in total. The van der Waals surface area contributed by atoms with Crippen LogP contribution in [0.4, 0.5) is 17.3 Å². The Labute approximate surface area is 235 Å². The lowest BCUT2D eigenvalue weighted by molar-refractivity contribution is -0.00541. The monoisotopic (exact) mass is 578 g/mol. The molecule has 4 aromatic heterocycles. The van der Waals surface area contributed by atoms with Crippen molar-refractivity contribution in [2.45, 2.75) is 39.5 Å². The number of nitrogens with zero attached hydrogens (tertiary/aromatic N) is 8. The van der Waals surface area contributed by atoms with Crippen LogP contribution in [0.2, 0.25) is 0 Å². The number of hydrogen-bond donors (Lipinski definition) is 3. The fraction of sp³-hybridized carbons (Fsp3) is 0.346. The summed E-state index contributed by atoms with van der Waals surface area (Å²) in [6.45, 7) is 7.68. The number of nitrogens with two attached hydrogens (primary N) is 1. The number of phenols is 1. The number of aromatic nitrogens is 7. The van der Waals surface area contributed by atoms with Crippen LogP contribution in [-0.4, -0.2) is 79.4 Å². The average molecular weight is 579 g/mol. The van der Waals surface area contributed by atoms with Crippen LogP contribution < -0.4 is 15.4 Å². The third-order valence-corrected chi connectivity index (χ3v) is 7.41. The van der Waals surface area contributed by atoms with E-state index in [1.54, 1.807) is 10.7 Å². The van der Waals surface area contributed by atoms with Gasteiger partial charge in [0.1, 0.15) is 35.7 Å². The maximum Gasteiger partial charge on any atom is 0.229 e. The third-order valence-electron chi connectivity index (χ3n) is 6.80. The largest absolute Gasteiger partial charge is 0.508 e. The molecule has 0 unspecified atom stereocenters. The summed E-state index contributed by atoms with van der Waals surface area (Å²) in [6, 6.07) is 6.34. The first kappa shape index (κ1) is 26.7. The lowest BCUT2D eigenvalue weighted by Crippen LogP contribution is -2.46. The number of anilines is 3. The summed E-state index contributed by atoms with van der Waals surface area (Å²) in [4.78, 5) is 15.8. The molecule has 1 fully saturated rings. The predicted molar refractivity (Wildman–Crippen MR) is 154 cm³/mol. The number of hydrogen-bond acceptors (Lipinski definition) is 11. The van der Waals surface area contributed by atoms with E-state index in [0.717, 1.165) is 23.2 Å². The highest BCUT2D eigenvalue weighted by Gasteiger charge is 2.27. The lowest BCUT2D eigenvalue weighted by atomic mass is 10.1. The molecule has 4 N–H and O–H groups in total. The fourth-order valence-corrected chi connectivity index (χ4v) is 5.88. The Balaban J connectivity index is 1.46. The molecule has 1 aromatic carbocycles. The smallest absolute Gasteiger partial charge is 0.229 e. The van der Waals surface area contributed by atoms with E-state index >= 15 is 0 Å². The summed E-state index contributed by atoms with van der Waals surface area (Å²) in [5, 5.41) is 20.3. The highest BCUT2D eigenvalue weighted by Crippen LogP contribution is 2.34. The zero-order valence-corrected chi connectivity index (χ0v) is 23.8. The van der Waals surface area contributed by atoms with Crippen molar-refractivity contribution in [2.24, 2.45) is 0 Å². The molecule has 0 radical (unpaired) electrons. The van der Waals surface area contributed by atoms with Gasteiger partial charge in [0.15, 0.2) is 17.3 Å². The maximum atomic E-state index is 11.8. The second-order valence-electron chi connectivity index (χ2n) is 10.4. The maximum absolute atomic E-state index is 11.8. The highest BCUT2D eigenvalue weighted by atomic mass is 32.2. The standard InChI is InChI=1S/C26H30N10O4S/c1-14-5-6-35-23(14)26(34-10-15(2)40-16(3)11-34)30-20(31-35)12-36-25-21(24(27)28-13-29-25)22(32-36)17-7-18(9-19(37)8-17)33-41(4,38)39/h5-9,13,15-16,33,37H,10-12H2,1-4H3,(H2,27,28,29)/t15-,16+. The topological polar surface area (TPSA) is 179 Å². The summed E-state index contributed by atoms with van der Waals surface area (Å²) in [5.74, 6) is 1.35.